The van der Waals surface area contributed by atoms with Crippen molar-refractivity contribution in [3.63, 3.8) is 0 Å². The summed E-state index contributed by atoms with van der Waals surface area (Å²) in [5, 5.41) is 0. The van der Waals surface area contributed by atoms with E-state index in [9.17, 15) is 0 Å². The van der Waals surface area contributed by atoms with Gasteiger partial charge in [-0.2, -0.15) is 0 Å². The summed E-state index contributed by atoms with van der Waals surface area (Å²) in [5.74, 6) is 2.09. The van der Waals surface area contributed by atoms with Gasteiger partial charge in [-0.05, 0) is 68.6 Å². The van der Waals surface area contributed by atoms with Crippen LogP contribution in [-0.2, 0) is 0 Å². The number of rotatable bonds is 5. The lowest BCUT2D eigenvalue weighted by molar-refractivity contribution is 0.202. The minimum atomic E-state index is 0.454. The van der Waals surface area contributed by atoms with Crippen LogP contribution >= 0.6 is 0 Å². The van der Waals surface area contributed by atoms with E-state index >= 15 is 0 Å². The van der Waals surface area contributed by atoms with Crippen LogP contribution in [-0.4, -0.2) is 46.1 Å². The van der Waals surface area contributed by atoms with Crippen LogP contribution in [0.5, 0.6) is 5.75 Å². The Bertz CT molecular complexity index is 979. The Kier molecular flexibility index (Phi) is 4.98. The molecule has 0 N–H and O–H groups in total. The van der Waals surface area contributed by atoms with Crippen LogP contribution in [0.25, 0.3) is 22.5 Å². The van der Waals surface area contributed by atoms with E-state index in [1.165, 1.54) is 25.9 Å². The Balaban J connectivity index is 1.53. The fourth-order valence-corrected chi connectivity index (χ4v) is 4.34. The third-order valence-electron chi connectivity index (χ3n) is 6.12. The van der Waals surface area contributed by atoms with Crippen molar-refractivity contribution in [1.82, 2.24) is 19.9 Å². The molecule has 1 aliphatic heterocycles. The fourth-order valence-electron chi connectivity index (χ4n) is 4.34. The highest BCUT2D eigenvalue weighted by Crippen LogP contribution is 2.38. The molecule has 0 radical (unpaired) electrons. The second kappa shape index (κ2) is 7.91. The number of hydrogen-bond donors (Lipinski definition) is 0. The molecule has 0 amide bonds. The van der Waals surface area contributed by atoms with Gasteiger partial charge in [-0.1, -0.05) is 12.1 Å². The summed E-state index contributed by atoms with van der Waals surface area (Å²) in [6.45, 7) is 2.34. The normalized spacial score (nSPS) is 18.0. The number of hydrogen-bond acceptors (Lipinski definition) is 5. The molecule has 1 aromatic carbocycles. The molecule has 0 atom stereocenters. The predicted molar refractivity (Wildman–Crippen MR) is 114 cm³/mol. The van der Waals surface area contributed by atoms with Crippen molar-refractivity contribution in [2.75, 3.05) is 20.2 Å². The van der Waals surface area contributed by atoms with Gasteiger partial charge in [0.2, 0.25) is 0 Å². The van der Waals surface area contributed by atoms with E-state index in [2.05, 4.69) is 22.0 Å². The summed E-state index contributed by atoms with van der Waals surface area (Å²) in [6, 6.07) is 13.0. The molecule has 5 heteroatoms. The van der Waals surface area contributed by atoms with Gasteiger partial charge >= 0.3 is 0 Å². The number of piperidine rings is 1. The minimum Gasteiger partial charge on any atom is -0.497 e. The van der Waals surface area contributed by atoms with Crippen molar-refractivity contribution in [1.29, 1.82) is 0 Å². The third-order valence-corrected chi connectivity index (χ3v) is 6.12. The second-order valence-corrected chi connectivity index (χ2v) is 8.00. The Morgan fingerprint density at radius 1 is 0.966 bits per heavy atom. The van der Waals surface area contributed by atoms with Crippen molar-refractivity contribution >= 4 is 0 Å². The summed E-state index contributed by atoms with van der Waals surface area (Å²) in [6.07, 6.45) is 10.6. The van der Waals surface area contributed by atoms with E-state index in [0.29, 0.717) is 5.92 Å². The highest BCUT2D eigenvalue weighted by molar-refractivity contribution is 5.69. The third kappa shape index (κ3) is 3.87. The molecule has 3 aromatic rings. The first kappa shape index (κ1) is 18.3. The maximum Gasteiger partial charge on any atom is 0.159 e. The monoisotopic (exact) mass is 386 g/mol. The quantitative estimate of drug-likeness (QED) is 0.644. The number of ether oxygens (including phenoxy) is 1. The Morgan fingerprint density at radius 2 is 1.76 bits per heavy atom. The van der Waals surface area contributed by atoms with Crippen molar-refractivity contribution in [3.8, 4) is 28.3 Å². The second-order valence-electron chi connectivity index (χ2n) is 8.00. The first-order valence-corrected chi connectivity index (χ1v) is 10.5. The van der Waals surface area contributed by atoms with Crippen LogP contribution in [0.3, 0.4) is 0 Å². The van der Waals surface area contributed by atoms with Gasteiger partial charge in [-0.3, -0.25) is 4.98 Å². The molecule has 3 heterocycles. The number of aromatic nitrogens is 3. The summed E-state index contributed by atoms with van der Waals surface area (Å²) in [4.78, 5) is 16.6. The number of likely N-dealkylation sites (tertiary alicyclic amines) is 1. The molecular weight excluding hydrogens is 360 g/mol. The van der Waals surface area contributed by atoms with Crippen LogP contribution in [0.4, 0.5) is 0 Å². The van der Waals surface area contributed by atoms with Gasteiger partial charge in [0.1, 0.15) is 5.75 Å². The van der Waals surface area contributed by atoms with E-state index in [-0.39, 0.29) is 0 Å². The van der Waals surface area contributed by atoms with Gasteiger partial charge in [0.05, 0.1) is 12.8 Å². The zero-order valence-corrected chi connectivity index (χ0v) is 16.8. The summed E-state index contributed by atoms with van der Waals surface area (Å²) >= 11 is 0. The Hall–Kier alpha value is -2.79. The standard InChI is InChI=1S/C24H26N4O/c1-29-21-4-2-3-19(15-21)22-16-26-24(18-7-11-25-12-8-18)27-23(22)17-9-13-28(14-10-17)20-5-6-20/h2-4,7-8,11-12,15-17,20H,5-6,9-10,13-14H2,1H3. The molecular formula is C24H26N4O. The molecule has 2 fully saturated rings. The number of nitrogens with zero attached hydrogens (tertiary/aromatic N) is 4. The maximum absolute atomic E-state index is 5.45. The Morgan fingerprint density at radius 3 is 2.48 bits per heavy atom. The van der Waals surface area contributed by atoms with Crippen LogP contribution < -0.4 is 4.74 Å². The number of methoxy groups -OCH3 is 1. The highest BCUT2D eigenvalue weighted by atomic mass is 16.5. The van der Waals surface area contributed by atoms with Crippen LogP contribution in [0.1, 0.15) is 37.3 Å². The summed E-state index contributed by atoms with van der Waals surface area (Å²) < 4.78 is 5.45. The molecule has 5 rings (SSSR count). The molecule has 5 nitrogen and oxygen atoms in total. The summed E-state index contributed by atoms with van der Waals surface area (Å²) in [5.41, 5.74) is 4.40. The lowest BCUT2D eigenvalue weighted by Gasteiger charge is -2.32. The molecule has 0 spiro atoms. The molecule has 0 unspecified atom stereocenters. The fraction of sp³-hybridized carbons (Fsp3) is 0.375. The van der Waals surface area contributed by atoms with Gasteiger partial charge in [-0.25, -0.2) is 9.97 Å². The molecule has 1 aliphatic carbocycles. The van der Waals surface area contributed by atoms with Gasteiger partial charge in [0.15, 0.2) is 5.82 Å². The van der Waals surface area contributed by atoms with E-state index in [0.717, 1.165) is 52.8 Å². The zero-order valence-electron chi connectivity index (χ0n) is 16.8. The lowest BCUT2D eigenvalue weighted by atomic mass is 9.88. The van der Waals surface area contributed by atoms with Gasteiger partial charge in [-0.15, -0.1) is 0 Å². The van der Waals surface area contributed by atoms with Crippen LogP contribution in [0.15, 0.2) is 55.0 Å². The molecule has 1 saturated carbocycles. The Labute approximate surface area is 171 Å². The molecule has 2 aromatic heterocycles. The number of benzene rings is 1. The predicted octanol–water partition coefficient (Wildman–Crippen LogP) is 4.56. The highest BCUT2D eigenvalue weighted by Gasteiger charge is 2.33. The minimum absolute atomic E-state index is 0.454. The van der Waals surface area contributed by atoms with Crippen molar-refractivity contribution in [2.24, 2.45) is 0 Å². The lowest BCUT2D eigenvalue weighted by Crippen LogP contribution is -2.35. The van der Waals surface area contributed by atoms with E-state index in [4.69, 9.17) is 14.7 Å². The van der Waals surface area contributed by atoms with Crippen LogP contribution in [0, 0.1) is 0 Å². The van der Waals surface area contributed by atoms with E-state index in [1.807, 2.05) is 30.5 Å². The van der Waals surface area contributed by atoms with E-state index < -0.39 is 0 Å². The molecule has 1 saturated heterocycles. The van der Waals surface area contributed by atoms with Gasteiger partial charge in [0, 0.05) is 41.7 Å². The molecule has 0 bridgehead atoms. The molecule has 2 aliphatic rings. The van der Waals surface area contributed by atoms with Crippen molar-refractivity contribution in [3.05, 3.63) is 60.7 Å². The zero-order chi connectivity index (χ0) is 19.6. The van der Waals surface area contributed by atoms with Crippen LogP contribution in [0.2, 0.25) is 0 Å². The number of pyridine rings is 1. The average molecular weight is 386 g/mol. The largest absolute Gasteiger partial charge is 0.497 e. The average Bonchev–Trinajstić information content (AvgIpc) is 3.65. The summed E-state index contributed by atoms with van der Waals surface area (Å²) in [7, 11) is 1.71. The van der Waals surface area contributed by atoms with Crippen molar-refractivity contribution < 1.29 is 4.74 Å². The van der Waals surface area contributed by atoms with Gasteiger partial charge in [0.25, 0.3) is 0 Å². The first-order valence-electron chi connectivity index (χ1n) is 10.5. The van der Waals surface area contributed by atoms with Crippen molar-refractivity contribution in [2.45, 2.75) is 37.6 Å². The van der Waals surface area contributed by atoms with Gasteiger partial charge < -0.3 is 9.64 Å². The maximum atomic E-state index is 5.45. The smallest absolute Gasteiger partial charge is 0.159 e. The van der Waals surface area contributed by atoms with E-state index in [1.54, 1.807) is 19.5 Å². The first-order chi connectivity index (χ1) is 14.3. The molecule has 148 valence electrons. The SMILES string of the molecule is COc1cccc(-c2cnc(-c3ccncc3)nc2C2CCN(C3CC3)CC2)c1. The topological polar surface area (TPSA) is 51.1 Å². The molecule has 29 heavy (non-hydrogen) atoms.